The summed E-state index contributed by atoms with van der Waals surface area (Å²) in [6, 6.07) is 14.5. The predicted molar refractivity (Wildman–Crippen MR) is 135 cm³/mol. The van der Waals surface area contributed by atoms with Gasteiger partial charge in [-0.1, -0.05) is 43.7 Å². The Balaban J connectivity index is 1.76. The van der Waals surface area contributed by atoms with E-state index in [0.29, 0.717) is 25.2 Å². The van der Waals surface area contributed by atoms with Crippen LogP contribution in [0.1, 0.15) is 38.7 Å². The number of hydrogen-bond donors (Lipinski definition) is 0. The van der Waals surface area contributed by atoms with Gasteiger partial charge in [-0.25, -0.2) is 4.79 Å². The summed E-state index contributed by atoms with van der Waals surface area (Å²) in [5.74, 6) is 0.567. The Morgan fingerprint density at radius 1 is 1.06 bits per heavy atom. The number of allylic oxidation sites excluding steroid dienone is 1. The van der Waals surface area contributed by atoms with E-state index in [-0.39, 0.29) is 5.97 Å². The summed E-state index contributed by atoms with van der Waals surface area (Å²) in [6.45, 7) is 7.68. The van der Waals surface area contributed by atoms with Crippen LogP contribution in [0.3, 0.4) is 0 Å². The minimum Gasteiger partial charge on any atom is -0.491 e. The second-order valence-electron chi connectivity index (χ2n) is 8.04. The number of nitrogens with zero attached hydrogens (tertiary/aromatic N) is 1. The number of unbranched alkanes of at least 4 members (excludes halogenated alkanes) is 1. The van der Waals surface area contributed by atoms with Gasteiger partial charge in [-0.2, -0.15) is 0 Å². The number of benzene rings is 2. The van der Waals surface area contributed by atoms with Crippen molar-refractivity contribution in [1.82, 2.24) is 0 Å². The maximum Gasteiger partial charge on any atom is 0.333 e. The molecule has 176 valence electrons. The fraction of sp³-hybridized carbons (Fsp3) is 0.393. The van der Waals surface area contributed by atoms with Crippen molar-refractivity contribution < 1.29 is 19.0 Å². The van der Waals surface area contributed by atoms with Crippen LogP contribution in [0.2, 0.25) is 0 Å². The standard InChI is InChI=1S/C28H35NO4/c1-4-6-15-29-16-14-24(28(30)31-3)21-25-20-23(10-13-27(25)29)22-8-11-26(12-9-22)33-19-18-32-17-7-5-2/h4,6,8-13,20-21H,5,7,14-19H2,1-3H3. The Labute approximate surface area is 197 Å². The van der Waals surface area contributed by atoms with E-state index in [1.54, 1.807) is 0 Å². The zero-order valence-corrected chi connectivity index (χ0v) is 20.0. The van der Waals surface area contributed by atoms with Gasteiger partial charge in [-0.3, -0.25) is 0 Å². The predicted octanol–water partition coefficient (Wildman–Crippen LogP) is 5.89. The maximum atomic E-state index is 12.3. The first-order valence-corrected chi connectivity index (χ1v) is 11.8. The summed E-state index contributed by atoms with van der Waals surface area (Å²) in [5, 5.41) is 0. The highest BCUT2D eigenvalue weighted by Crippen LogP contribution is 2.33. The summed E-state index contributed by atoms with van der Waals surface area (Å²) >= 11 is 0. The number of carbonyl (C=O) groups is 1. The Morgan fingerprint density at radius 2 is 1.85 bits per heavy atom. The second-order valence-corrected chi connectivity index (χ2v) is 8.04. The lowest BCUT2D eigenvalue weighted by Crippen LogP contribution is -2.25. The smallest absolute Gasteiger partial charge is 0.333 e. The number of methoxy groups -OCH3 is 1. The van der Waals surface area contributed by atoms with Crippen LogP contribution < -0.4 is 9.64 Å². The molecule has 0 saturated heterocycles. The fourth-order valence-corrected chi connectivity index (χ4v) is 3.80. The minimum absolute atomic E-state index is 0.264. The lowest BCUT2D eigenvalue weighted by molar-refractivity contribution is -0.136. The molecule has 0 radical (unpaired) electrons. The van der Waals surface area contributed by atoms with Crippen LogP contribution in [0.15, 0.2) is 60.2 Å². The third kappa shape index (κ3) is 6.96. The average molecular weight is 450 g/mol. The molecule has 5 heteroatoms. The van der Waals surface area contributed by atoms with Gasteiger partial charge in [0.2, 0.25) is 0 Å². The highest BCUT2D eigenvalue weighted by atomic mass is 16.5. The summed E-state index contributed by atoms with van der Waals surface area (Å²) in [6.07, 6.45) is 9.03. The molecule has 0 bridgehead atoms. The third-order valence-electron chi connectivity index (χ3n) is 5.68. The molecule has 2 aromatic rings. The number of hydrogen-bond acceptors (Lipinski definition) is 5. The molecule has 0 fully saturated rings. The van der Waals surface area contributed by atoms with E-state index in [0.717, 1.165) is 60.7 Å². The zero-order chi connectivity index (χ0) is 23.5. The van der Waals surface area contributed by atoms with Crippen molar-refractivity contribution >= 4 is 17.7 Å². The van der Waals surface area contributed by atoms with E-state index >= 15 is 0 Å². The maximum absolute atomic E-state index is 12.3. The van der Waals surface area contributed by atoms with Crippen molar-refractivity contribution in [2.75, 3.05) is 44.9 Å². The molecule has 33 heavy (non-hydrogen) atoms. The molecule has 0 aromatic heterocycles. The largest absolute Gasteiger partial charge is 0.491 e. The van der Waals surface area contributed by atoms with Crippen LogP contribution in [0.4, 0.5) is 5.69 Å². The number of anilines is 1. The average Bonchev–Trinajstić information content (AvgIpc) is 3.03. The van der Waals surface area contributed by atoms with Crippen molar-refractivity contribution in [3.05, 3.63) is 65.8 Å². The Hall–Kier alpha value is -3.05. The van der Waals surface area contributed by atoms with E-state index in [4.69, 9.17) is 14.2 Å². The monoisotopic (exact) mass is 449 g/mol. The van der Waals surface area contributed by atoms with Crippen LogP contribution in [-0.4, -0.2) is 46.0 Å². The van der Waals surface area contributed by atoms with Gasteiger partial charge in [-0.15, -0.1) is 0 Å². The van der Waals surface area contributed by atoms with Crippen molar-refractivity contribution in [2.45, 2.75) is 33.1 Å². The highest BCUT2D eigenvalue weighted by molar-refractivity contribution is 5.96. The van der Waals surface area contributed by atoms with Crippen molar-refractivity contribution in [3.8, 4) is 16.9 Å². The van der Waals surface area contributed by atoms with Gasteiger partial charge in [0.05, 0.1) is 13.7 Å². The number of rotatable bonds is 11. The number of fused-ring (bicyclic) bond motifs is 1. The molecule has 0 unspecified atom stereocenters. The summed E-state index contributed by atoms with van der Waals surface area (Å²) < 4.78 is 16.3. The fourth-order valence-electron chi connectivity index (χ4n) is 3.80. The van der Waals surface area contributed by atoms with E-state index < -0.39 is 0 Å². The van der Waals surface area contributed by atoms with Gasteiger partial charge >= 0.3 is 5.97 Å². The minimum atomic E-state index is -0.264. The van der Waals surface area contributed by atoms with Gasteiger partial charge < -0.3 is 19.1 Å². The molecule has 0 atom stereocenters. The molecular weight excluding hydrogens is 414 g/mol. The lowest BCUT2D eigenvalue weighted by Gasteiger charge is -2.24. The van der Waals surface area contributed by atoms with Crippen LogP contribution in [-0.2, 0) is 14.3 Å². The molecule has 0 aliphatic carbocycles. The number of carbonyl (C=O) groups excluding carboxylic acids is 1. The third-order valence-corrected chi connectivity index (χ3v) is 5.68. The van der Waals surface area contributed by atoms with E-state index in [1.165, 1.54) is 7.11 Å². The first-order valence-electron chi connectivity index (χ1n) is 11.8. The summed E-state index contributed by atoms with van der Waals surface area (Å²) in [5.41, 5.74) is 5.04. The Morgan fingerprint density at radius 3 is 2.58 bits per heavy atom. The van der Waals surface area contributed by atoms with E-state index in [2.05, 4.69) is 54.3 Å². The molecule has 1 heterocycles. The topological polar surface area (TPSA) is 48.0 Å². The van der Waals surface area contributed by atoms with Crippen LogP contribution >= 0.6 is 0 Å². The summed E-state index contributed by atoms with van der Waals surface area (Å²) in [7, 11) is 1.43. The van der Waals surface area contributed by atoms with Crippen molar-refractivity contribution in [3.63, 3.8) is 0 Å². The van der Waals surface area contributed by atoms with Crippen LogP contribution in [0.5, 0.6) is 5.75 Å². The number of esters is 1. The molecule has 1 aliphatic rings. The molecular formula is C28H35NO4. The normalized spacial score (nSPS) is 13.4. The molecule has 0 saturated carbocycles. The summed E-state index contributed by atoms with van der Waals surface area (Å²) in [4.78, 5) is 14.6. The molecule has 1 aliphatic heterocycles. The molecule has 2 aromatic carbocycles. The Kier molecular flexibility index (Phi) is 9.58. The SMILES string of the molecule is CC=CCN1CCC(C(=O)OC)=Cc2cc(-c3ccc(OCCOCCCC)cc3)ccc21. The van der Waals surface area contributed by atoms with Crippen molar-refractivity contribution in [2.24, 2.45) is 0 Å². The highest BCUT2D eigenvalue weighted by Gasteiger charge is 2.19. The Bertz CT molecular complexity index is 962. The van der Waals surface area contributed by atoms with Crippen molar-refractivity contribution in [1.29, 1.82) is 0 Å². The van der Waals surface area contributed by atoms with Crippen LogP contribution in [0.25, 0.3) is 17.2 Å². The number of ether oxygens (including phenoxy) is 3. The molecule has 5 nitrogen and oxygen atoms in total. The molecule has 0 amide bonds. The zero-order valence-electron chi connectivity index (χ0n) is 20.0. The first kappa shape index (κ1) is 24.6. The van der Waals surface area contributed by atoms with Gasteiger partial charge in [-0.05, 0) is 66.8 Å². The van der Waals surface area contributed by atoms with Gasteiger partial charge in [0.25, 0.3) is 0 Å². The quantitative estimate of drug-likeness (QED) is 0.243. The second kappa shape index (κ2) is 12.9. The van der Waals surface area contributed by atoms with E-state index in [9.17, 15) is 4.79 Å². The molecule has 0 spiro atoms. The van der Waals surface area contributed by atoms with Gasteiger partial charge in [0.15, 0.2) is 0 Å². The van der Waals surface area contributed by atoms with Crippen LogP contribution in [0, 0.1) is 0 Å². The van der Waals surface area contributed by atoms with E-state index in [1.807, 2.05) is 25.1 Å². The van der Waals surface area contributed by atoms with Gasteiger partial charge in [0.1, 0.15) is 12.4 Å². The molecule has 3 rings (SSSR count). The molecule has 0 N–H and O–H groups in total. The lowest BCUT2D eigenvalue weighted by atomic mass is 10.00. The van der Waals surface area contributed by atoms with Gasteiger partial charge in [0, 0.05) is 31.0 Å². The first-order chi connectivity index (χ1) is 16.2.